The van der Waals surface area contributed by atoms with E-state index in [9.17, 15) is 4.79 Å². The van der Waals surface area contributed by atoms with Gasteiger partial charge in [0.15, 0.2) is 0 Å². The number of likely N-dealkylation sites (N-methyl/N-ethyl adjacent to an activating group) is 1. The molecule has 0 saturated carbocycles. The highest BCUT2D eigenvalue weighted by Gasteiger charge is 2.28. The molecule has 0 radical (unpaired) electrons. The normalized spacial score (nSPS) is 26.0. The molecule has 2 N–H and O–H groups in total. The number of carbonyl (C=O) groups is 1. The van der Waals surface area contributed by atoms with Gasteiger partial charge in [0.25, 0.3) is 0 Å². The molecule has 94 valence electrons. The predicted molar refractivity (Wildman–Crippen MR) is 65.3 cm³/mol. The fourth-order valence-electron chi connectivity index (χ4n) is 2.33. The maximum Gasteiger partial charge on any atom is 0.240 e. The van der Waals surface area contributed by atoms with Crippen molar-refractivity contribution < 1.29 is 4.79 Å². The van der Waals surface area contributed by atoms with Crippen molar-refractivity contribution >= 4 is 5.91 Å². The zero-order valence-electron chi connectivity index (χ0n) is 10.4. The number of nitrogens with zero attached hydrogens (tertiary/aromatic N) is 2. The Morgan fingerprint density at radius 2 is 2.41 bits per heavy atom. The van der Waals surface area contributed by atoms with Gasteiger partial charge < -0.3 is 15.2 Å². The Kier molecular flexibility index (Phi) is 3.78. The van der Waals surface area contributed by atoms with E-state index in [1.54, 1.807) is 12.4 Å². The molecule has 1 aliphatic heterocycles. The molecule has 1 amide bonds. The van der Waals surface area contributed by atoms with Crippen LogP contribution in [-0.2, 0) is 11.3 Å². The predicted octanol–water partition coefficient (Wildman–Crippen LogP) is 0.756. The molecule has 1 aromatic rings. The average Bonchev–Trinajstić information content (AvgIpc) is 2.77. The van der Waals surface area contributed by atoms with Crippen LogP contribution in [0.2, 0.25) is 0 Å². The summed E-state index contributed by atoms with van der Waals surface area (Å²) >= 11 is 0. The van der Waals surface area contributed by atoms with E-state index in [1.807, 2.05) is 11.9 Å². The number of likely N-dealkylation sites (tertiary alicyclic amines) is 1. The first-order valence-corrected chi connectivity index (χ1v) is 6.15. The van der Waals surface area contributed by atoms with Gasteiger partial charge in [-0.1, -0.05) is 6.92 Å². The number of rotatable bonds is 3. The Labute approximate surface area is 102 Å². The van der Waals surface area contributed by atoms with Gasteiger partial charge >= 0.3 is 0 Å². The standard InChI is InChI=1S/C12H20N4O/c1-9-3-4-10(13-2)12(17)16(7-9)8-11-14-5-6-15-11/h5-6,9-10,13H,3-4,7-8H2,1-2H3,(H,14,15). The second-order valence-corrected chi connectivity index (χ2v) is 4.78. The van der Waals surface area contributed by atoms with Crippen molar-refractivity contribution in [3.63, 3.8) is 0 Å². The summed E-state index contributed by atoms with van der Waals surface area (Å²) in [5.41, 5.74) is 0. The number of hydrogen-bond donors (Lipinski definition) is 2. The smallest absolute Gasteiger partial charge is 0.240 e. The van der Waals surface area contributed by atoms with E-state index in [0.29, 0.717) is 12.5 Å². The third-order valence-corrected chi connectivity index (χ3v) is 3.33. The summed E-state index contributed by atoms with van der Waals surface area (Å²) in [7, 11) is 1.85. The first kappa shape index (κ1) is 12.1. The number of H-pyrrole nitrogens is 1. The van der Waals surface area contributed by atoms with E-state index in [2.05, 4.69) is 22.2 Å². The van der Waals surface area contributed by atoms with Crippen LogP contribution in [0.25, 0.3) is 0 Å². The summed E-state index contributed by atoms with van der Waals surface area (Å²) in [5, 5.41) is 3.10. The van der Waals surface area contributed by atoms with E-state index in [4.69, 9.17) is 0 Å². The summed E-state index contributed by atoms with van der Waals surface area (Å²) < 4.78 is 0. The number of aromatic amines is 1. The minimum absolute atomic E-state index is 0.0464. The van der Waals surface area contributed by atoms with E-state index in [-0.39, 0.29) is 11.9 Å². The molecule has 2 atom stereocenters. The van der Waals surface area contributed by atoms with Gasteiger partial charge in [0.2, 0.25) is 5.91 Å². The highest BCUT2D eigenvalue weighted by molar-refractivity contribution is 5.82. The molecule has 2 rings (SSSR count). The van der Waals surface area contributed by atoms with Crippen molar-refractivity contribution in [1.82, 2.24) is 20.2 Å². The zero-order valence-corrected chi connectivity index (χ0v) is 10.4. The molecule has 1 fully saturated rings. The van der Waals surface area contributed by atoms with Gasteiger partial charge in [0.05, 0.1) is 12.6 Å². The minimum Gasteiger partial charge on any atom is -0.347 e. The third kappa shape index (κ3) is 2.85. The fourth-order valence-corrected chi connectivity index (χ4v) is 2.33. The second-order valence-electron chi connectivity index (χ2n) is 4.78. The van der Waals surface area contributed by atoms with Crippen molar-refractivity contribution in [3.8, 4) is 0 Å². The Balaban J connectivity index is 2.09. The molecule has 1 aliphatic rings. The Bertz CT molecular complexity index is 363. The van der Waals surface area contributed by atoms with Gasteiger partial charge in [-0.25, -0.2) is 4.98 Å². The van der Waals surface area contributed by atoms with Crippen molar-refractivity contribution in [1.29, 1.82) is 0 Å². The molecule has 2 heterocycles. The van der Waals surface area contributed by atoms with Crippen molar-refractivity contribution in [2.75, 3.05) is 13.6 Å². The summed E-state index contributed by atoms with van der Waals surface area (Å²) in [6.45, 7) is 3.59. The van der Waals surface area contributed by atoms with Crippen LogP contribution in [0.4, 0.5) is 0 Å². The topological polar surface area (TPSA) is 61.0 Å². The van der Waals surface area contributed by atoms with Crippen LogP contribution >= 0.6 is 0 Å². The van der Waals surface area contributed by atoms with Gasteiger partial charge in [0.1, 0.15) is 5.82 Å². The van der Waals surface area contributed by atoms with Crippen molar-refractivity contribution in [3.05, 3.63) is 18.2 Å². The summed E-state index contributed by atoms with van der Waals surface area (Å²) in [6, 6.07) is -0.0464. The number of hydrogen-bond acceptors (Lipinski definition) is 3. The monoisotopic (exact) mass is 236 g/mol. The molecule has 17 heavy (non-hydrogen) atoms. The highest BCUT2D eigenvalue weighted by Crippen LogP contribution is 2.18. The first-order chi connectivity index (χ1) is 8.20. The van der Waals surface area contributed by atoms with Crippen LogP contribution in [0, 0.1) is 5.92 Å². The van der Waals surface area contributed by atoms with Crippen LogP contribution in [0.5, 0.6) is 0 Å². The molecule has 5 nitrogen and oxygen atoms in total. The molecule has 0 aliphatic carbocycles. The summed E-state index contributed by atoms with van der Waals surface area (Å²) in [4.78, 5) is 21.4. The van der Waals surface area contributed by atoms with Crippen LogP contribution in [0.15, 0.2) is 12.4 Å². The maximum absolute atomic E-state index is 12.3. The number of nitrogens with one attached hydrogen (secondary N) is 2. The lowest BCUT2D eigenvalue weighted by atomic mass is 10.0. The molecule has 0 aromatic carbocycles. The van der Waals surface area contributed by atoms with Gasteiger partial charge in [-0.2, -0.15) is 0 Å². The van der Waals surface area contributed by atoms with E-state index in [0.717, 1.165) is 25.2 Å². The quantitative estimate of drug-likeness (QED) is 0.814. The molecular weight excluding hydrogens is 216 g/mol. The van der Waals surface area contributed by atoms with E-state index < -0.39 is 0 Å². The third-order valence-electron chi connectivity index (χ3n) is 3.33. The first-order valence-electron chi connectivity index (χ1n) is 6.15. The molecule has 5 heteroatoms. The fraction of sp³-hybridized carbons (Fsp3) is 0.667. The molecule has 2 unspecified atom stereocenters. The van der Waals surface area contributed by atoms with Gasteiger partial charge in [-0.15, -0.1) is 0 Å². The van der Waals surface area contributed by atoms with Crippen molar-refractivity contribution in [2.45, 2.75) is 32.4 Å². The van der Waals surface area contributed by atoms with E-state index in [1.165, 1.54) is 0 Å². The van der Waals surface area contributed by atoms with Crippen molar-refractivity contribution in [2.24, 2.45) is 5.92 Å². The second kappa shape index (κ2) is 5.31. The number of carbonyl (C=O) groups excluding carboxylic acids is 1. The van der Waals surface area contributed by atoms with Gasteiger partial charge in [-0.3, -0.25) is 4.79 Å². The average molecular weight is 236 g/mol. The summed E-state index contributed by atoms with van der Waals surface area (Å²) in [5.74, 6) is 1.59. The van der Waals surface area contributed by atoms with Crippen LogP contribution in [-0.4, -0.2) is 40.4 Å². The Morgan fingerprint density at radius 1 is 1.59 bits per heavy atom. The molecular formula is C12H20N4O. The number of aromatic nitrogens is 2. The summed E-state index contributed by atoms with van der Waals surface area (Å²) in [6.07, 6.45) is 5.52. The molecule has 1 saturated heterocycles. The van der Waals surface area contributed by atoms with Gasteiger partial charge in [0, 0.05) is 18.9 Å². The Hall–Kier alpha value is -1.36. The SMILES string of the molecule is CNC1CCC(C)CN(Cc2ncc[nH]2)C1=O. The molecule has 1 aromatic heterocycles. The Morgan fingerprint density at radius 3 is 3.06 bits per heavy atom. The van der Waals surface area contributed by atoms with Crippen LogP contribution in [0.1, 0.15) is 25.6 Å². The number of amides is 1. The largest absolute Gasteiger partial charge is 0.347 e. The molecule has 0 bridgehead atoms. The zero-order chi connectivity index (χ0) is 12.3. The number of imidazole rings is 1. The maximum atomic E-state index is 12.3. The van der Waals surface area contributed by atoms with Gasteiger partial charge in [-0.05, 0) is 25.8 Å². The molecule has 0 spiro atoms. The lowest BCUT2D eigenvalue weighted by Gasteiger charge is -2.24. The lowest BCUT2D eigenvalue weighted by Crippen LogP contribution is -2.44. The van der Waals surface area contributed by atoms with Crippen LogP contribution in [0.3, 0.4) is 0 Å². The lowest BCUT2D eigenvalue weighted by molar-refractivity contribution is -0.133. The van der Waals surface area contributed by atoms with Crippen LogP contribution < -0.4 is 5.32 Å². The van der Waals surface area contributed by atoms with E-state index >= 15 is 0 Å². The highest BCUT2D eigenvalue weighted by atomic mass is 16.2. The minimum atomic E-state index is -0.0464.